The van der Waals surface area contributed by atoms with Gasteiger partial charge in [-0.15, -0.1) is 0 Å². The van der Waals surface area contributed by atoms with E-state index >= 15 is 0 Å². The van der Waals surface area contributed by atoms with Gasteiger partial charge in [0, 0.05) is 15.1 Å². The van der Waals surface area contributed by atoms with Gasteiger partial charge in [-0.3, -0.25) is 9.88 Å². The van der Waals surface area contributed by atoms with Crippen molar-refractivity contribution in [2.24, 2.45) is 5.92 Å². The Kier molecular flexibility index (Phi) is 5.81. The molecule has 2 unspecified atom stereocenters. The molecule has 0 radical (unpaired) electrons. The van der Waals surface area contributed by atoms with E-state index in [9.17, 15) is 0 Å². The van der Waals surface area contributed by atoms with Crippen LogP contribution in [0, 0.1) is 5.92 Å². The average Bonchev–Trinajstić information content (AvgIpc) is 2.72. The molecule has 1 aromatic heterocycles. The van der Waals surface area contributed by atoms with Crippen LogP contribution in [-0.4, -0.2) is 36.6 Å². The lowest BCUT2D eigenvalue weighted by Crippen LogP contribution is -2.29. The molecule has 1 N–H and O–H groups in total. The number of hydrogen-bond donors (Lipinski definition) is 1. The van der Waals surface area contributed by atoms with E-state index in [4.69, 9.17) is 0 Å². The molecule has 2 rings (SSSR count). The quantitative estimate of drug-likeness (QED) is 0.778. The third kappa shape index (κ3) is 3.78. The largest absolute Gasteiger partial charge is 0.316 e. The maximum absolute atomic E-state index is 4.63. The molecule has 19 heavy (non-hydrogen) atoms. The summed E-state index contributed by atoms with van der Waals surface area (Å²) in [5.41, 5.74) is 1.16. The van der Waals surface area contributed by atoms with Crippen molar-refractivity contribution < 1.29 is 0 Å². The predicted molar refractivity (Wildman–Crippen MR) is 86.3 cm³/mol. The Bertz CT molecular complexity index is 425. The van der Waals surface area contributed by atoms with E-state index in [0.717, 1.165) is 34.3 Å². The number of aromatic nitrogens is 1. The predicted octanol–water partition coefficient (Wildman–Crippen LogP) is 3.60. The van der Waals surface area contributed by atoms with Gasteiger partial charge in [0.1, 0.15) is 0 Å². The zero-order valence-electron chi connectivity index (χ0n) is 11.5. The first-order chi connectivity index (χ1) is 9.13. The fraction of sp³-hybridized carbons (Fsp3) is 0.643. The fourth-order valence-electron chi connectivity index (χ4n) is 2.78. The normalized spacial score (nSPS) is 24.0. The molecular weight excluding hydrogens is 370 g/mol. The number of nitrogens with one attached hydrogen (secondary N) is 1. The molecule has 1 aliphatic heterocycles. The second kappa shape index (κ2) is 7.16. The van der Waals surface area contributed by atoms with Gasteiger partial charge in [0.05, 0.1) is 11.7 Å². The van der Waals surface area contributed by atoms with E-state index < -0.39 is 0 Å². The van der Waals surface area contributed by atoms with Crippen molar-refractivity contribution in [3.05, 3.63) is 26.9 Å². The summed E-state index contributed by atoms with van der Waals surface area (Å²) in [7, 11) is 2.20. The maximum atomic E-state index is 4.63. The van der Waals surface area contributed by atoms with Crippen LogP contribution in [0.15, 0.2) is 21.2 Å². The van der Waals surface area contributed by atoms with Crippen molar-refractivity contribution in [2.75, 3.05) is 26.7 Å². The monoisotopic (exact) mass is 389 g/mol. The maximum Gasteiger partial charge on any atom is 0.0721 e. The summed E-state index contributed by atoms with van der Waals surface area (Å²) >= 11 is 7.12. The van der Waals surface area contributed by atoms with E-state index in [0.29, 0.717) is 12.0 Å². The lowest BCUT2D eigenvalue weighted by Gasteiger charge is -2.25. The molecule has 106 valence electrons. The minimum atomic E-state index is 0.409. The van der Waals surface area contributed by atoms with Crippen LogP contribution in [-0.2, 0) is 0 Å². The van der Waals surface area contributed by atoms with Crippen LogP contribution in [0.3, 0.4) is 0 Å². The van der Waals surface area contributed by atoms with Crippen molar-refractivity contribution in [3.8, 4) is 0 Å². The summed E-state index contributed by atoms with van der Waals surface area (Å²) in [5, 5.41) is 3.55. The Morgan fingerprint density at radius 2 is 2.26 bits per heavy atom. The summed E-state index contributed by atoms with van der Waals surface area (Å²) in [4.78, 5) is 7.04. The zero-order chi connectivity index (χ0) is 13.8. The standard InChI is InChI=1S/C14H21Br2N3/c1-3-5-17-8-10-4-6-19(2)14(10)13-12(16)7-11(15)9-18-13/h7,9-10,14,17H,3-6,8H2,1-2H3. The molecule has 0 aromatic carbocycles. The van der Waals surface area contributed by atoms with Crippen molar-refractivity contribution >= 4 is 31.9 Å². The minimum Gasteiger partial charge on any atom is -0.316 e. The summed E-state index contributed by atoms with van der Waals surface area (Å²) in [6, 6.07) is 2.50. The third-order valence-electron chi connectivity index (χ3n) is 3.72. The van der Waals surface area contributed by atoms with Gasteiger partial charge >= 0.3 is 0 Å². The number of halogens is 2. The van der Waals surface area contributed by atoms with E-state index in [1.165, 1.54) is 12.8 Å². The first-order valence-corrected chi connectivity index (χ1v) is 8.44. The Labute approximate surface area is 132 Å². The molecule has 0 spiro atoms. The Morgan fingerprint density at radius 3 is 2.95 bits per heavy atom. The first kappa shape index (κ1) is 15.4. The fourth-order valence-corrected chi connectivity index (χ4v) is 4.00. The summed E-state index contributed by atoms with van der Waals surface area (Å²) < 4.78 is 2.12. The third-order valence-corrected chi connectivity index (χ3v) is 4.79. The van der Waals surface area contributed by atoms with Gasteiger partial charge in [-0.25, -0.2) is 0 Å². The number of nitrogens with zero attached hydrogens (tertiary/aromatic N) is 2. The number of hydrogen-bond acceptors (Lipinski definition) is 3. The molecule has 1 saturated heterocycles. The smallest absolute Gasteiger partial charge is 0.0721 e. The molecule has 1 fully saturated rings. The van der Waals surface area contributed by atoms with Crippen LogP contribution in [0.2, 0.25) is 0 Å². The van der Waals surface area contributed by atoms with Crippen LogP contribution in [0.5, 0.6) is 0 Å². The lowest BCUT2D eigenvalue weighted by atomic mass is 9.97. The lowest BCUT2D eigenvalue weighted by molar-refractivity contribution is 0.265. The van der Waals surface area contributed by atoms with Gasteiger partial charge in [-0.05, 0) is 83.4 Å². The molecule has 1 aliphatic rings. The molecule has 0 amide bonds. The van der Waals surface area contributed by atoms with Crippen molar-refractivity contribution in [3.63, 3.8) is 0 Å². The van der Waals surface area contributed by atoms with Gasteiger partial charge < -0.3 is 5.32 Å². The molecule has 0 saturated carbocycles. The molecule has 3 nitrogen and oxygen atoms in total. The summed E-state index contributed by atoms with van der Waals surface area (Å²) in [6.45, 7) is 5.53. The highest BCUT2D eigenvalue weighted by Crippen LogP contribution is 2.38. The van der Waals surface area contributed by atoms with Crippen LogP contribution in [0.4, 0.5) is 0 Å². The van der Waals surface area contributed by atoms with Gasteiger partial charge in [-0.1, -0.05) is 6.92 Å². The van der Waals surface area contributed by atoms with Gasteiger partial charge in [0.15, 0.2) is 0 Å². The van der Waals surface area contributed by atoms with Crippen LogP contribution in [0.25, 0.3) is 0 Å². The Hall–Kier alpha value is 0.0300. The van der Waals surface area contributed by atoms with Crippen molar-refractivity contribution in [2.45, 2.75) is 25.8 Å². The highest BCUT2D eigenvalue weighted by atomic mass is 79.9. The van der Waals surface area contributed by atoms with Crippen molar-refractivity contribution in [1.82, 2.24) is 15.2 Å². The molecule has 2 atom stereocenters. The van der Waals surface area contributed by atoms with Crippen molar-refractivity contribution in [1.29, 1.82) is 0 Å². The molecule has 5 heteroatoms. The van der Waals surface area contributed by atoms with E-state index in [-0.39, 0.29) is 0 Å². The van der Waals surface area contributed by atoms with Crippen LogP contribution < -0.4 is 5.32 Å². The number of rotatable bonds is 5. The first-order valence-electron chi connectivity index (χ1n) is 6.85. The summed E-state index contributed by atoms with van der Waals surface area (Å²) in [5.74, 6) is 0.640. The molecule has 0 bridgehead atoms. The van der Waals surface area contributed by atoms with E-state index in [2.05, 4.69) is 67.1 Å². The SMILES string of the molecule is CCCNCC1CCN(C)C1c1ncc(Br)cc1Br. The van der Waals surface area contributed by atoms with Crippen LogP contribution >= 0.6 is 31.9 Å². The highest BCUT2D eigenvalue weighted by molar-refractivity contribution is 9.11. The second-order valence-corrected chi connectivity index (χ2v) is 6.97. The molecule has 1 aromatic rings. The van der Waals surface area contributed by atoms with Crippen LogP contribution in [0.1, 0.15) is 31.5 Å². The zero-order valence-corrected chi connectivity index (χ0v) is 14.7. The Morgan fingerprint density at radius 1 is 1.47 bits per heavy atom. The van der Waals surface area contributed by atoms with E-state index in [1.54, 1.807) is 0 Å². The minimum absolute atomic E-state index is 0.409. The van der Waals surface area contributed by atoms with Gasteiger partial charge in [0.25, 0.3) is 0 Å². The van der Waals surface area contributed by atoms with Gasteiger partial charge in [0.2, 0.25) is 0 Å². The topological polar surface area (TPSA) is 28.2 Å². The Balaban J connectivity index is 2.14. The molecule has 2 heterocycles. The van der Waals surface area contributed by atoms with E-state index in [1.807, 2.05) is 6.20 Å². The number of likely N-dealkylation sites (tertiary alicyclic amines) is 1. The molecule has 0 aliphatic carbocycles. The average molecular weight is 391 g/mol. The highest BCUT2D eigenvalue weighted by Gasteiger charge is 2.34. The second-order valence-electron chi connectivity index (χ2n) is 5.20. The molecular formula is C14H21Br2N3. The number of pyridine rings is 1. The summed E-state index contributed by atoms with van der Waals surface area (Å²) in [6.07, 6.45) is 4.32. The van der Waals surface area contributed by atoms with Gasteiger partial charge in [-0.2, -0.15) is 0 Å².